The highest BCUT2D eigenvalue weighted by atomic mass is 19.1. The van der Waals surface area contributed by atoms with Crippen molar-refractivity contribution in [1.29, 1.82) is 0 Å². The fourth-order valence-electron chi connectivity index (χ4n) is 5.68. The van der Waals surface area contributed by atoms with Gasteiger partial charge in [0.25, 0.3) is 0 Å². The lowest BCUT2D eigenvalue weighted by Crippen LogP contribution is -2.32. The zero-order valence-electron chi connectivity index (χ0n) is 21.7. The number of benzene rings is 3. The van der Waals surface area contributed by atoms with E-state index in [2.05, 4.69) is 88.4 Å². The number of rotatable bonds is 9. The molecule has 3 atom stereocenters. The average Bonchev–Trinajstić information content (AvgIpc) is 2.89. The average molecular weight is 467 g/mol. The molecule has 0 radical (unpaired) electrons. The minimum absolute atomic E-state index is 0.0531. The number of allylic oxidation sites excluding steroid dienone is 4. The molecule has 0 spiro atoms. The Hall–Kier alpha value is -2.93. The molecule has 0 nitrogen and oxygen atoms in total. The Labute approximate surface area is 211 Å². The maximum absolute atomic E-state index is 15.9. The van der Waals surface area contributed by atoms with Gasteiger partial charge in [0, 0.05) is 5.41 Å². The van der Waals surface area contributed by atoms with Gasteiger partial charge in [-0.3, -0.25) is 0 Å². The number of aryl methyl sites for hydroxylation is 2. The molecule has 3 unspecified atom stereocenters. The van der Waals surface area contributed by atoms with Crippen molar-refractivity contribution in [1.82, 2.24) is 0 Å². The summed E-state index contributed by atoms with van der Waals surface area (Å²) in [5, 5.41) is 0. The van der Waals surface area contributed by atoms with Gasteiger partial charge in [0.15, 0.2) is 0 Å². The fraction of sp³-hybridized carbons (Fsp3) is 0.353. The van der Waals surface area contributed by atoms with Crippen LogP contribution in [0.5, 0.6) is 0 Å². The Morgan fingerprint density at radius 3 is 1.63 bits per heavy atom. The first-order chi connectivity index (χ1) is 17.0. The maximum Gasteiger partial charge on any atom is 0.108 e. The van der Waals surface area contributed by atoms with Gasteiger partial charge in [-0.15, -0.1) is 0 Å². The van der Waals surface area contributed by atoms with Gasteiger partial charge >= 0.3 is 0 Å². The second-order valence-corrected chi connectivity index (χ2v) is 10.2. The monoisotopic (exact) mass is 466 g/mol. The molecular formula is C34H39F. The summed E-state index contributed by atoms with van der Waals surface area (Å²) in [5.41, 5.74) is 5.79. The zero-order chi connectivity index (χ0) is 24.8. The number of hydrogen-bond acceptors (Lipinski definition) is 0. The van der Waals surface area contributed by atoms with Crippen LogP contribution in [-0.4, -0.2) is 0 Å². The topological polar surface area (TPSA) is 0 Å². The van der Waals surface area contributed by atoms with Crippen LogP contribution in [0.4, 0.5) is 4.39 Å². The smallest absolute Gasteiger partial charge is 0.108 e. The lowest BCUT2D eigenvalue weighted by atomic mass is 9.61. The molecule has 0 aromatic heterocycles. The summed E-state index contributed by atoms with van der Waals surface area (Å²) in [4.78, 5) is 0. The summed E-state index contributed by atoms with van der Waals surface area (Å²) >= 11 is 0. The molecule has 0 bridgehead atoms. The second kappa shape index (κ2) is 11.2. The molecule has 1 aliphatic rings. The van der Waals surface area contributed by atoms with Gasteiger partial charge in [-0.1, -0.05) is 132 Å². The first kappa shape index (κ1) is 25.2. The van der Waals surface area contributed by atoms with Crippen molar-refractivity contribution in [3.8, 4) is 0 Å². The van der Waals surface area contributed by atoms with E-state index in [0.29, 0.717) is 0 Å². The van der Waals surface area contributed by atoms with Crippen LogP contribution in [-0.2, 0) is 12.8 Å². The van der Waals surface area contributed by atoms with E-state index in [9.17, 15) is 0 Å². The molecule has 0 fully saturated rings. The molecule has 0 N–H and O–H groups in total. The summed E-state index contributed by atoms with van der Waals surface area (Å²) in [6.45, 7) is 8.94. The van der Waals surface area contributed by atoms with E-state index in [1.165, 1.54) is 22.3 Å². The fourth-order valence-corrected chi connectivity index (χ4v) is 5.68. The number of halogens is 1. The van der Waals surface area contributed by atoms with Crippen LogP contribution < -0.4 is 0 Å². The van der Waals surface area contributed by atoms with Gasteiger partial charge < -0.3 is 0 Å². The Kier molecular flexibility index (Phi) is 8.06. The van der Waals surface area contributed by atoms with Crippen LogP contribution in [0.3, 0.4) is 0 Å². The quantitative estimate of drug-likeness (QED) is 0.275. The first-order valence-electron chi connectivity index (χ1n) is 13.3. The van der Waals surface area contributed by atoms with Crippen molar-refractivity contribution in [3.63, 3.8) is 0 Å². The molecule has 0 saturated heterocycles. The molecule has 3 aromatic carbocycles. The number of hydrogen-bond donors (Lipinski definition) is 0. The van der Waals surface area contributed by atoms with E-state index < -0.39 is 5.41 Å². The van der Waals surface area contributed by atoms with Gasteiger partial charge in [0.2, 0.25) is 0 Å². The standard InChI is InChI=1S/C34H39F/c1-5-10-27-14-18-29(19-15-27)25(3)34(26(4)30-20-16-28(11-6-2)17-21-30)23-22-32(33(35)24-34)31-12-8-7-9-13-31/h7-9,12-26,32H,5-6,10-11H2,1-4H3. The minimum atomic E-state index is -0.450. The summed E-state index contributed by atoms with van der Waals surface area (Å²) in [6.07, 6.45) is 10.8. The van der Waals surface area contributed by atoms with E-state index in [4.69, 9.17) is 0 Å². The lowest BCUT2D eigenvalue weighted by molar-refractivity contribution is 0.325. The molecule has 3 aromatic rings. The van der Waals surface area contributed by atoms with Crippen LogP contribution in [0.2, 0.25) is 0 Å². The van der Waals surface area contributed by atoms with E-state index in [1.54, 1.807) is 0 Å². The van der Waals surface area contributed by atoms with Gasteiger partial charge in [-0.25, -0.2) is 4.39 Å². The molecule has 182 valence electrons. The summed E-state index contributed by atoms with van der Waals surface area (Å²) in [5.74, 6) is -0.116. The lowest BCUT2D eigenvalue weighted by Gasteiger charge is -2.43. The van der Waals surface area contributed by atoms with Gasteiger partial charge in [0.05, 0.1) is 5.92 Å². The van der Waals surface area contributed by atoms with Crippen molar-refractivity contribution >= 4 is 0 Å². The predicted octanol–water partition coefficient (Wildman–Crippen LogP) is 9.69. The Balaban J connectivity index is 1.74. The van der Waals surface area contributed by atoms with E-state index in [-0.39, 0.29) is 23.6 Å². The van der Waals surface area contributed by atoms with Crippen molar-refractivity contribution in [2.75, 3.05) is 0 Å². The van der Waals surface area contributed by atoms with Crippen molar-refractivity contribution in [2.45, 2.75) is 71.1 Å². The van der Waals surface area contributed by atoms with Gasteiger partial charge in [-0.05, 0) is 58.6 Å². The van der Waals surface area contributed by atoms with Crippen molar-refractivity contribution < 1.29 is 4.39 Å². The van der Waals surface area contributed by atoms with E-state index >= 15 is 4.39 Å². The molecule has 35 heavy (non-hydrogen) atoms. The molecule has 0 heterocycles. The highest BCUT2D eigenvalue weighted by Crippen LogP contribution is 2.53. The van der Waals surface area contributed by atoms with Gasteiger partial charge in [0.1, 0.15) is 5.83 Å². The van der Waals surface area contributed by atoms with E-state index in [0.717, 1.165) is 31.2 Å². The van der Waals surface area contributed by atoms with Crippen molar-refractivity contribution in [3.05, 3.63) is 131 Å². The SMILES string of the molecule is CCCc1ccc(C(C)C2(C(C)c3ccc(CCC)cc3)C=CC(c3ccccc3)C(F)=C2)cc1. The zero-order valence-corrected chi connectivity index (χ0v) is 21.7. The van der Waals surface area contributed by atoms with Crippen LogP contribution in [0.15, 0.2) is 103 Å². The second-order valence-electron chi connectivity index (χ2n) is 10.2. The van der Waals surface area contributed by atoms with Crippen LogP contribution >= 0.6 is 0 Å². The minimum Gasteiger partial charge on any atom is -0.211 e. The third-order valence-electron chi connectivity index (χ3n) is 7.96. The predicted molar refractivity (Wildman–Crippen MR) is 148 cm³/mol. The van der Waals surface area contributed by atoms with E-state index in [1.807, 2.05) is 36.4 Å². The first-order valence-corrected chi connectivity index (χ1v) is 13.3. The molecule has 0 aliphatic heterocycles. The summed E-state index contributed by atoms with van der Waals surface area (Å²) < 4.78 is 15.9. The van der Waals surface area contributed by atoms with Crippen LogP contribution in [0.1, 0.15) is 86.1 Å². The normalized spacial score (nSPS) is 21.4. The molecule has 1 heteroatoms. The third kappa shape index (κ3) is 5.35. The largest absolute Gasteiger partial charge is 0.211 e. The highest BCUT2D eigenvalue weighted by Gasteiger charge is 2.42. The van der Waals surface area contributed by atoms with Crippen LogP contribution in [0.25, 0.3) is 0 Å². The van der Waals surface area contributed by atoms with Crippen LogP contribution in [0, 0.1) is 5.41 Å². The Morgan fingerprint density at radius 1 is 0.714 bits per heavy atom. The molecular weight excluding hydrogens is 427 g/mol. The Morgan fingerprint density at radius 2 is 1.20 bits per heavy atom. The third-order valence-corrected chi connectivity index (χ3v) is 7.96. The Bertz CT molecular complexity index is 1080. The molecule has 1 aliphatic carbocycles. The summed E-state index contributed by atoms with van der Waals surface area (Å²) in [6, 6.07) is 27.9. The van der Waals surface area contributed by atoms with Gasteiger partial charge in [-0.2, -0.15) is 0 Å². The molecule has 4 rings (SSSR count). The molecule has 0 amide bonds. The summed E-state index contributed by atoms with van der Waals surface area (Å²) in [7, 11) is 0. The van der Waals surface area contributed by atoms with Crippen molar-refractivity contribution in [2.24, 2.45) is 5.41 Å². The highest BCUT2D eigenvalue weighted by molar-refractivity contribution is 5.43. The maximum atomic E-state index is 15.9. The molecule has 0 saturated carbocycles.